The highest BCUT2D eigenvalue weighted by molar-refractivity contribution is 14.2. The highest BCUT2D eigenvalue weighted by Gasteiger charge is 1.49. The minimum Gasteiger partial charge on any atom is -0.188 e. The zero-order chi connectivity index (χ0) is 3.41. The molecule has 0 aliphatic carbocycles. The van der Waals surface area contributed by atoms with Crippen molar-refractivity contribution < 1.29 is 0 Å². The monoisotopic (exact) mass is 205 g/mol. The minimum absolute atomic E-state index is 0.550. The zero-order valence-corrected chi connectivity index (χ0v) is 5.71. The molecule has 1 unspecified atom stereocenters. The van der Waals surface area contributed by atoms with Gasteiger partial charge in [0.1, 0.15) is 0 Å². The Bertz CT molecular complexity index is 22.0. The Kier molecular flexibility index (Phi) is 5.41. The first kappa shape index (κ1) is 5.18. The van der Waals surface area contributed by atoms with Gasteiger partial charge in [-0.1, -0.05) is 0 Å². The molecule has 0 fully saturated rings. The lowest BCUT2D eigenvalue weighted by Gasteiger charge is -1.54. The van der Waals surface area contributed by atoms with Crippen molar-refractivity contribution in [3.05, 3.63) is 0 Å². The predicted molar refractivity (Wildman–Crippen MR) is 32.1 cm³/mol. The van der Waals surface area contributed by atoms with Crippen molar-refractivity contribution in [2.75, 3.05) is 0 Å². The predicted octanol–water partition coefficient (Wildman–Crippen LogP) is 1.66. The maximum Gasteiger partial charge on any atom is 0.0811 e. The van der Waals surface area contributed by atoms with E-state index in [9.17, 15) is 0 Å². The highest BCUT2D eigenvalue weighted by atomic mass is 127. The van der Waals surface area contributed by atoms with Gasteiger partial charge in [0.25, 0.3) is 0 Å². The smallest absolute Gasteiger partial charge is 0.0811 e. The van der Waals surface area contributed by atoms with Crippen molar-refractivity contribution in [2.24, 2.45) is 4.13 Å². The second-order valence-electron chi connectivity index (χ2n) is 0.176. The van der Waals surface area contributed by atoms with Gasteiger partial charge in [-0.2, -0.15) is 4.13 Å². The lowest BCUT2D eigenvalue weighted by molar-refractivity contribution is 2.12. The standard InChI is InChI=1S/HINPS/c1-3-2-4/h3H. The van der Waals surface area contributed by atoms with Crippen molar-refractivity contribution >= 4 is 40.8 Å². The van der Waals surface area contributed by atoms with Crippen LogP contribution in [0.1, 0.15) is 0 Å². The molecule has 0 bridgehead atoms. The van der Waals surface area contributed by atoms with Crippen molar-refractivity contribution in [3.8, 4) is 0 Å². The Labute approximate surface area is 45.0 Å². The fourth-order valence-electron chi connectivity index (χ4n) is 0. The third-order valence-electron chi connectivity index (χ3n) is 0.0345. The van der Waals surface area contributed by atoms with Crippen LogP contribution in [0, 0.1) is 0 Å². The highest BCUT2D eigenvalue weighted by Crippen LogP contribution is 2.19. The van der Waals surface area contributed by atoms with E-state index in [0.29, 0.717) is 6.37 Å². The number of halogens is 1. The Morgan fingerprint density at radius 2 is 2.25 bits per heavy atom. The summed E-state index contributed by atoms with van der Waals surface area (Å²) < 4.78 is 3.33. The molecule has 1 atom stereocenters. The van der Waals surface area contributed by atoms with E-state index in [1.54, 1.807) is 0 Å². The van der Waals surface area contributed by atoms with E-state index in [1.807, 2.05) is 0 Å². The van der Waals surface area contributed by atoms with Crippen LogP contribution in [-0.2, 0) is 12.4 Å². The van der Waals surface area contributed by atoms with E-state index in [0.717, 1.165) is 0 Å². The van der Waals surface area contributed by atoms with E-state index < -0.39 is 0 Å². The number of hydrogen-bond donors (Lipinski definition) is 0. The van der Waals surface area contributed by atoms with Crippen molar-refractivity contribution in [1.82, 2.24) is 0 Å². The molecule has 0 N–H and O–H groups in total. The van der Waals surface area contributed by atoms with Crippen molar-refractivity contribution in [1.29, 1.82) is 0 Å². The summed E-state index contributed by atoms with van der Waals surface area (Å²) in [7, 11) is 0. The molecule has 0 saturated carbocycles. The number of rotatable bonds is 1. The molecular formula is HINPS. The third kappa shape index (κ3) is 3.18. The van der Waals surface area contributed by atoms with Gasteiger partial charge in [-0.15, -0.1) is 0 Å². The summed E-state index contributed by atoms with van der Waals surface area (Å²) in [5, 5.41) is 0. The summed E-state index contributed by atoms with van der Waals surface area (Å²) in [5.74, 6) is 0. The number of nitrogens with zero attached hydrogens (tertiary/aromatic N) is 1. The summed E-state index contributed by atoms with van der Waals surface area (Å²) >= 11 is 6.29. The second-order valence-corrected chi connectivity index (χ2v) is 2.52. The van der Waals surface area contributed by atoms with Gasteiger partial charge in [0.2, 0.25) is 0 Å². The van der Waals surface area contributed by atoms with Crippen LogP contribution in [0.15, 0.2) is 4.13 Å². The van der Waals surface area contributed by atoms with Gasteiger partial charge < -0.3 is 0 Å². The van der Waals surface area contributed by atoms with E-state index in [4.69, 9.17) is 0 Å². The summed E-state index contributed by atoms with van der Waals surface area (Å²) in [4.78, 5) is 0. The lowest BCUT2D eigenvalue weighted by Crippen LogP contribution is -1.03. The van der Waals surface area contributed by atoms with Gasteiger partial charge in [0.15, 0.2) is 0 Å². The maximum absolute atomic E-state index is 4.18. The summed E-state index contributed by atoms with van der Waals surface area (Å²) in [6, 6.07) is 0. The Balaban J connectivity index is 2.30. The van der Waals surface area contributed by atoms with Crippen LogP contribution in [0.4, 0.5) is 0 Å². The Morgan fingerprint density at radius 1 is 2.00 bits per heavy atom. The van der Waals surface area contributed by atoms with Gasteiger partial charge in [-0.25, -0.2) is 0 Å². The first-order chi connectivity index (χ1) is 1.91. The molecule has 0 amide bonds. The van der Waals surface area contributed by atoms with Crippen LogP contribution in [0.25, 0.3) is 0 Å². The topological polar surface area (TPSA) is 12.4 Å². The SMILES string of the molecule is S=NPI. The normalized spacial score (nSPS) is 9.25. The fraction of sp³-hybridized carbons (Fsp3) is 0. The average Bonchev–Trinajstić information content (AvgIpc) is 1.37. The molecule has 1 nitrogen and oxygen atoms in total. The van der Waals surface area contributed by atoms with Gasteiger partial charge in [0.05, 0.1) is 6.37 Å². The molecule has 4 heavy (non-hydrogen) atoms. The van der Waals surface area contributed by atoms with Gasteiger partial charge in [0, 0.05) is 12.4 Å². The quantitative estimate of drug-likeness (QED) is 0.468. The molecule has 0 heterocycles. The average molecular weight is 205 g/mol. The largest absolute Gasteiger partial charge is 0.188 e. The molecule has 0 aromatic heterocycles. The zero-order valence-electron chi connectivity index (χ0n) is 1.73. The van der Waals surface area contributed by atoms with Crippen LogP contribution in [0.2, 0.25) is 0 Å². The second kappa shape index (κ2) is 4.18. The molecule has 0 aromatic rings. The van der Waals surface area contributed by atoms with Gasteiger partial charge >= 0.3 is 0 Å². The molecule has 24 valence electrons. The molecule has 4 heteroatoms. The van der Waals surface area contributed by atoms with Crippen LogP contribution < -0.4 is 0 Å². The Morgan fingerprint density at radius 3 is 2.25 bits per heavy atom. The number of hydrogen-bond acceptors (Lipinski definition) is 2. The molecule has 0 aliphatic heterocycles. The molecule has 0 rings (SSSR count). The van der Waals surface area contributed by atoms with E-state index in [1.165, 1.54) is 0 Å². The Hall–Kier alpha value is 1.18. The lowest BCUT2D eigenvalue weighted by atomic mass is 13.9. The molecular weight excluding hydrogens is 204 g/mol. The van der Waals surface area contributed by atoms with Crippen molar-refractivity contribution in [2.45, 2.75) is 0 Å². The van der Waals surface area contributed by atoms with Gasteiger partial charge in [-0.3, -0.25) is 0 Å². The summed E-state index contributed by atoms with van der Waals surface area (Å²) in [6.07, 6.45) is 0.550. The first-order valence-corrected chi connectivity index (χ1v) is 5.02. The van der Waals surface area contributed by atoms with Crippen LogP contribution in [-0.4, -0.2) is 0 Å². The molecule has 0 aliphatic rings. The molecule has 0 aromatic carbocycles. The van der Waals surface area contributed by atoms with Crippen LogP contribution in [0.5, 0.6) is 0 Å². The third-order valence-corrected chi connectivity index (χ3v) is 2.08. The van der Waals surface area contributed by atoms with Crippen LogP contribution in [0.3, 0.4) is 0 Å². The van der Waals surface area contributed by atoms with Crippen LogP contribution >= 0.6 is 28.4 Å². The minimum atomic E-state index is 0.550. The molecule has 0 spiro atoms. The van der Waals surface area contributed by atoms with E-state index >= 15 is 0 Å². The van der Waals surface area contributed by atoms with E-state index in [-0.39, 0.29) is 0 Å². The van der Waals surface area contributed by atoms with Gasteiger partial charge in [-0.05, 0) is 22.0 Å². The fourth-order valence-corrected chi connectivity index (χ4v) is 0. The summed E-state index contributed by atoms with van der Waals surface area (Å²) in [5.41, 5.74) is 0. The van der Waals surface area contributed by atoms with Crippen molar-refractivity contribution in [3.63, 3.8) is 0 Å². The maximum atomic E-state index is 4.18. The first-order valence-electron chi connectivity index (χ1n) is 0.595. The summed E-state index contributed by atoms with van der Waals surface area (Å²) in [6.45, 7) is 0. The molecule has 0 radical (unpaired) electrons. The molecule has 0 saturated heterocycles. The van der Waals surface area contributed by atoms with E-state index in [2.05, 4.69) is 38.6 Å².